The monoisotopic (exact) mass is 841 g/mol. The Balaban J connectivity index is 0.000000147. The molecule has 0 heterocycles. The minimum Gasteiger partial charge on any atom is -0.421 e. The molecule has 3 aliphatic carbocycles. The van der Waals surface area contributed by atoms with Gasteiger partial charge in [-0.3, -0.25) is 19.2 Å². The van der Waals surface area contributed by atoms with Gasteiger partial charge in [0, 0.05) is 49.4 Å². The van der Waals surface area contributed by atoms with E-state index in [1.165, 1.54) is 23.8 Å². The second-order valence-corrected chi connectivity index (χ2v) is 14.5. The number of benzene rings is 5. The molecule has 0 spiro atoms. The molecule has 8 nitrogen and oxygen atoms in total. The van der Waals surface area contributed by atoms with Gasteiger partial charge in [0.15, 0.2) is 0 Å². The van der Waals surface area contributed by atoms with Crippen LogP contribution in [0.4, 0.5) is 0 Å². The fourth-order valence-corrected chi connectivity index (χ4v) is 6.83. The van der Waals surface area contributed by atoms with Crippen molar-refractivity contribution >= 4 is 69.2 Å². The zero-order chi connectivity index (χ0) is 38.8. The van der Waals surface area contributed by atoms with E-state index in [0.29, 0.717) is 22.3 Å². The number of ketones is 4. The molecule has 8 rings (SSSR count). The normalized spacial score (nSPS) is 13.3. The largest absolute Gasteiger partial charge is 0.569 e. The summed E-state index contributed by atoms with van der Waals surface area (Å²) in [6.07, 6.45) is 6.53. The summed E-state index contributed by atoms with van der Waals surface area (Å²) in [5.74, 6) is -1.71. The standard InChI is InChI=1S/C22H16O2.C14H6Br2O2.C6H7B2O4/c1-13-3-6-15(7-4-13)16-8-10-18-20(12-16)19-11-14(2)5-9-17(19)21(23)22(18)24;15-7-1-3-9-11(5-7)12-6-8(16)2-4-10(12)14(18)13(9)17;9-7(10)5-1-2-6(4-3-5)8(11)12/h3-12H,1-2H3;1-6H;1-3,9-12H/q;;+1. The van der Waals surface area contributed by atoms with Crippen LogP contribution >= 0.6 is 31.9 Å². The summed E-state index contributed by atoms with van der Waals surface area (Å²) in [6.45, 7) is 4.05. The summed E-state index contributed by atoms with van der Waals surface area (Å²) in [5.41, 5.74) is 10.1. The number of rotatable bonds is 3. The molecule has 4 N–H and O–H groups in total. The highest BCUT2D eigenvalue weighted by molar-refractivity contribution is 9.10. The highest BCUT2D eigenvalue weighted by Crippen LogP contribution is 2.38. The fourth-order valence-electron chi connectivity index (χ4n) is 6.10. The number of Topliss-reactive ketones (excluding diaryl/α,β-unsaturated/α-hetero) is 4. The number of fused-ring (bicyclic) bond motifs is 6. The Bertz CT molecular complexity index is 2380. The van der Waals surface area contributed by atoms with E-state index in [1.807, 2.05) is 43.3 Å². The minimum absolute atomic E-state index is 0.194. The van der Waals surface area contributed by atoms with Crippen LogP contribution in [-0.2, 0) is 0 Å². The third-order valence-corrected chi connectivity index (χ3v) is 9.94. The van der Waals surface area contributed by atoms with Gasteiger partial charge in [-0.15, -0.1) is 0 Å². The van der Waals surface area contributed by atoms with E-state index in [2.05, 4.69) is 69.1 Å². The molecule has 5 aromatic rings. The lowest BCUT2D eigenvalue weighted by Crippen LogP contribution is -2.21. The van der Waals surface area contributed by atoms with Crippen molar-refractivity contribution in [3.63, 3.8) is 0 Å². The lowest BCUT2D eigenvalue weighted by molar-refractivity contribution is 0.0815. The van der Waals surface area contributed by atoms with Crippen LogP contribution in [0.25, 0.3) is 33.4 Å². The molecule has 0 amide bonds. The number of carbonyl (C=O) groups excluding carboxylic acids is 4. The first-order valence-electron chi connectivity index (χ1n) is 16.6. The first kappa shape index (κ1) is 38.6. The van der Waals surface area contributed by atoms with Gasteiger partial charge in [0.05, 0.1) is 11.5 Å². The highest BCUT2D eigenvalue weighted by atomic mass is 79.9. The first-order chi connectivity index (χ1) is 25.7. The Morgan fingerprint density at radius 1 is 0.463 bits per heavy atom. The van der Waals surface area contributed by atoms with E-state index in [4.69, 9.17) is 20.1 Å². The zero-order valence-electron chi connectivity index (χ0n) is 28.8. The molecule has 12 heteroatoms. The van der Waals surface area contributed by atoms with Gasteiger partial charge in [0.25, 0.3) is 0 Å². The van der Waals surface area contributed by atoms with Gasteiger partial charge in [0.2, 0.25) is 23.1 Å². The quantitative estimate of drug-likeness (QED) is 0.0829. The third kappa shape index (κ3) is 8.01. The molecule has 264 valence electrons. The molecule has 0 atom stereocenters. The summed E-state index contributed by atoms with van der Waals surface area (Å²) < 4.78 is 1.77. The highest BCUT2D eigenvalue weighted by Gasteiger charge is 2.32. The maximum atomic E-state index is 12.4. The Kier molecular flexibility index (Phi) is 11.5. The predicted octanol–water partition coefficient (Wildman–Crippen LogP) is 7.51. The second-order valence-electron chi connectivity index (χ2n) is 12.7. The first-order valence-corrected chi connectivity index (χ1v) is 18.2. The van der Waals surface area contributed by atoms with Crippen molar-refractivity contribution < 1.29 is 39.3 Å². The van der Waals surface area contributed by atoms with Crippen LogP contribution in [0.5, 0.6) is 0 Å². The predicted molar refractivity (Wildman–Crippen MR) is 216 cm³/mol. The van der Waals surface area contributed by atoms with E-state index in [0.717, 1.165) is 47.9 Å². The molecule has 0 aromatic heterocycles. The van der Waals surface area contributed by atoms with Crippen molar-refractivity contribution in [3.05, 3.63) is 175 Å². The molecule has 0 unspecified atom stereocenters. The van der Waals surface area contributed by atoms with Gasteiger partial charge in [-0.05, 0) is 95.8 Å². The van der Waals surface area contributed by atoms with E-state index < -0.39 is 37.4 Å². The van der Waals surface area contributed by atoms with Crippen LogP contribution in [0.2, 0.25) is 0 Å². The molecule has 0 aliphatic heterocycles. The lowest BCUT2D eigenvalue weighted by atomic mass is 9.71. The maximum Gasteiger partial charge on any atom is 0.569 e. The van der Waals surface area contributed by atoms with E-state index >= 15 is 0 Å². The fraction of sp³-hybridized carbons (Fsp3) is 0.0476. The van der Waals surface area contributed by atoms with Crippen molar-refractivity contribution in [2.75, 3.05) is 0 Å². The van der Waals surface area contributed by atoms with Gasteiger partial charge in [-0.25, -0.2) is 0 Å². The Labute approximate surface area is 328 Å². The van der Waals surface area contributed by atoms with Crippen molar-refractivity contribution in [1.29, 1.82) is 0 Å². The topological polar surface area (TPSA) is 149 Å². The average Bonchev–Trinajstić information content (AvgIpc) is 3.16. The molecule has 0 saturated heterocycles. The molecule has 5 aromatic carbocycles. The van der Waals surface area contributed by atoms with Crippen molar-refractivity contribution in [2.45, 2.75) is 13.8 Å². The van der Waals surface area contributed by atoms with Gasteiger partial charge in [-0.2, -0.15) is 0 Å². The Hall–Kier alpha value is -5.16. The minimum atomic E-state index is -1.57. The smallest absolute Gasteiger partial charge is 0.421 e. The summed E-state index contributed by atoms with van der Waals surface area (Å²) >= 11 is 6.78. The summed E-state index contributed by atoms with van der Waals surface area (Å²) in [5, 5.41) is 34.6. The van der Waals surface area contributed by atoms with Crippen LogP contribution in [0.1, 0.15) is 52.6 Å². The average molecular weight is 843 g/mol. The third-order valence-electron chi connectivity index (χ3n) is 8.95. The van der Waals surface area contributed by atoms with Crippen LogP contribution < -0.4 is 0 Å². The van der Waals surface area contributed by atoms with Crippen molar-refractivity contribution in [1.82, 2.24) is 0 Å². The molecule has 0 radical (unpaired) electrons. The molecule has 0 bridgehead atoms. The zero-order valence-corrected chi connectivity index (χ0v) is 32.0. The Morgan fingerprint density at radius 2 is 0.889 bits per heavy atom. The SMILES string of the molecule is Cc1ccc(-c2ccc3c(c2)-c2cc(C)ccc2C(=O)C3=O)cc1.O=C1C(=O)c2ccc(Br)cc2-c2cc(Br)ccc21.OB(O)C1=[C+]C=C(B(O)O)C=C1. The van der Waals surface area contributed by atoms with E-state index in [-0.39, 0.29) is 10.9 Å². The van der Waals surface area contributed by atoms with Crippen LogP contribution in [0.3, 0.4) is 0 Å². The van der Waals surface area contributed by atoms with Crippen molar-refractivity contribution in [3.8, 4) is 33.4 Å². The number of carbonyl (C=O) groups is 4. The number of halogens is 2. The van der Waals surface area contributed by atoms with E-state index in [9.17, 15) is 19.2 Å². The number of aryl methyl sites for hydroxylation is 2. The van der Waals surface area contributed by atoms with Gasteiger partial charge >= 0.3 is 14.2 Å². The number of hydrogen-bond acceptors (Lipinski definition) is 8. The van der Waals surface area contributed by atoms with Crippen molar-refractivity contribution in [2.24, 2.45) is 0 Å². The van der Waals surface area contributed by atoms with Gasteiger partial charge in [0.1, 0.15) is 5.47 Å². The lowest BCUT2D eigenvalue weighted by Gasteiger charge is -2.19. The molecule has 3 aliphatic rings. The number of allylic oxidation sites excluding steroid dienone is 6. The molecule has 0 saturated carbocycles. The summed E-state index contributed by atoms with van der Waals surface area (Å²) in [4.78, 5) is 48.7. The molecule has 54 heavy (non-hydrogen) atoms. The molecule has 0 fully saturated rings. The molecular formula is C42H29B2Br2O8+. The van der Waals surface area contributed by atoms with Crippen LogP contribution in [0, 0.1) is 19.9 Å². The summed E-state index contributed by atoms with van der Waals surface area (Å²) in [7, 11) is -3.12. The van der Waals surface area contributed by atoms with Gasteiger partial charge < -0.3 is 20.1 Å². The van der Waals surface area contributed by atoms with Crippen LogP contribution in [0.15, 0.2) is 135 Å². The maximum absolute atomic E-state index is 12.4. The van der Waals surface area contributed by atoms with Gasteiger partial charge in [-0.1, -0.05) is 91.5 Å². The molecular weight excluding hydrogens is 814 g/mol. The Morgan fingerprint density at radius 3 is 1.35 bits per heavy atom. The van der Waals surface area contributed by atoms with Crippen LogP contribution in [-0.4, -0.2) is 57.5 Å². The summed E-state index contributed by atoms with van der Waals surface area (Å²) in [6, 6.07) is 30.2. The number of hydrogen-bond donors (Lipinski definition) is 4. The van der Waals surface area contributed by atoms with E-state index in [1.54, 1.807) is 36.4 Å². The second kappa shape index (κ2) is 16.1.